The molecule has 0 spiro atoms. The number of aryl methyl sites for hydroxylation is 2. The molecule has 0 radical (unpaired) electrons. The highest BCUT2D eigenvalue weighted by Gasteiger charge is 2.34. The van der Waals surface area contributed by atoms with Crippen LogP contribution in [0, 0.1) is 13.8 Å². The number of nitrogens with zero attached hydrogens (tertiary/aromatic N) is 3. The third-order valence-electron chi connectivity index (χ3n) is 8.21. The van der Waals surface area contributed by atoms with Crippen LogP contribution in [-0.2, 0) is 9.59 Å². The van der Waals surface area contributed by atoms with Gasteiger partial charge in [-0.1, -0.05) is 36.4 Å². The number of likely N-dealkylation sites (tertiary alicyclic amines) is 1. The van der Waals surface area contributed by atoms with Crippen molar-refractivity contribution >= 4 is 23.2 Å². The summed E-state index contributed by atoms with van der Waals surface area (Å²) >= 11 is 0. The van der Waals surface area contributed by atoms with Gasteiger partial charge in [-0.2, -0.15) is 0 Å². The predicted octanol–water partition coefficient (Wildman–Crippen LogP) is 5.10. The number of hydrogen-bond acceptors (Lipinski definition) is 5. The van der Waals surface area contributed by atoms with E-state index in [9.17, 15) is 9.59 Å². The SMILES string of the molecule is Cc1cc2c(cc1C)N(C(C)C(=O)NC(CN1CCCC1)c1ccc(-c3ccc(N(C)C)cc3)cc1)C(=O)CO2. The molecule has 0 bridgehead atoms. The van der Waals surface area contributed by atoms with E-state index >= 15 is 0 Å². The quantitative estimate of drug-likeness (QED) is 0.431. The van der Waals surface area contributed by atoms with Crippen LogP contribution in [0.1, 0.15) is 42.5 Å². The number of nitrogens with one attached hydrogen (secondary N) is 1. The summed E-state index contributed by atoms with van der Waals surface area (Å²) in [6, 6.07) is 20.0. The number of carbonyl (C=O) groups is 2. The van der Waals surface area contributed by atoms with Crippen molar-refractivity contribution in [1.82, 2.24) is 10.2 Å². The maximum Gasteiger partial charge on any atom is 0.265 e. The zero-order valence-electron chi connectivity index (χ0n) is 24.2. The molecule has 0 saturated carbocycles. The van der Waals surface area contributed by atoms with Crippen molar-refractivity contribution in [1.29, 1.82) is 0 Å². The van der Waals surface area contributed by atoms with E-state index in [2.05, 4.69) is 63.6 Å². The highest BCUT2D eigenvalue weighted by Crippen LogP contribution is 2.36. The van der Waals surface area contributed by atoms with E-state index in [-0.39, 0.29) is 24.5 Å². The summed E-state index contributed by atoms with van der Waals surface area (Å²) in [5.74, 6) is 0.260. The Bertz CT molecular complexity index is 1360. The number of carbonyl (C=O) groups excluding carboxylic acids is 2. The molecule has 0 aromatic heterocycles. The third kappa shape index (κ3) is 5.85. The zero-order chi connectivity index (χ0) is 28.4. The Kier molecular flexibility index (Phi) is 8.12. The molecule has 5 rings (SSSR count). The number of ether oxygens (including phenoxy) is 1. The average molecular weight is 541 g/mol. The van der Waals surface area contributed by atoms with Gasteiger partial charge in [0, 0.05) is 26.3 Å². The fraction of sp³-hybridized carbons (Fsp3) is 0.394. The normalized spacial score (nSPS) is 16.7. The van der Waals surface area contributed by atoms with Gasteiger partial charge in [0.2, 0.25) is 5.91 Å². The van der Waals surface area contributed by atoms with E-state index < -0.39 is 6.04 Å². The molecule has 2 unspecified atom stereocenters. The van der Waals surface area contributed by atoms with Crippen molar-refractivity contribution < 1.29 is 14.3 Å². The largest absolute Gasteiger partial charge is 0.482 e. The minimum absolute atomic E-state index is 0.0681. The van der Waals surface area contributed by atoms with Crippen molar-refractivity contribution in [3.63, 3.8) is 0 Å². The third-order valence-corrected chi connectivity index (χ3v) is 8.21. The van der Waals surface area contributed by atoms with E-state index in [0.29, 0.717) is 11.4 Å². The van der Waals surface area contributed by atoms with E-state index in [0.717, 1.165) is 53.1 Å². The summed E-state index contributed by atoms with van der Waals surface area (Å²) in [6.45, 7) is 8.55. The van der Waals surface area contributed by atoms with Gasteiger partial charge < -0.3 is 19.9 Å². The summed E-state index contributed by atoms with van der Waals surface area (Å²) in [5, 5.41) is 3.29. The highest BCUT2D eigenvalue weighted by atomic mass is 16.5. The van der Waals surface area contributed by atoms with E-state index in [1.165, 1.54) is 12.8 Å². The van der Waals surface area contributed by atoms with E-state index in [1.807, 2.05) is 40.1 Å². The van der Waals surface area contributed by atoms with Gasteiger partial charge >= 0.3 is 0 Å². The maximum atomic E-state index is 13.7. The lowest BCUT2D eigenvalue weighted by molar-refractivity contribution is -0.128. The number of anilines is 2. The predicted molar refractivity (Wildman–Crippen MR) is 161 cm³/mol. The maximum absolute atomic E-state index is 13.7. The smallest absolute Gasteiger partial charge is 0.265 e. The van der Waals surface area contributed by atoms with Crippen LogP contribution in [0.3, 0.4) is 0 Å². The summed E-state index contributed by atoms with van der Waals surface area (Å²) in [7, 11) is 4.07. The van der Waals surface area contributed by atoms with Crippen LogP contribution in [0.5, 0.6) is 5.75 Å². The van der Waals surface area contributed by atoms with Crippen LogP contribution < -0.4 is 19.9 Å². The van der Waals surface area contributed by atoms with Gasteiger partial charge in [0.05, 0.1) is 11.7 Å². The number of rotatable bonds is 8. The van der Waals surface area contributed by atoms with Gasteiger partial charge in [-0.25, -0.2) is 0 Å². The molecule has 1 saturated heterocycles. The lowest BCUT2D eigenvalue weighted by atomic mass is 9.99. The summed E-state index contributed by atoms with van der Waals surface area (Å²) in [6.07, 6.45) is 2.35. The summed E-state index contributed by atoms with van der Waals surface area (Å²) < 4.78 is 5.70. The average Bonchev–Trinajstić information content (AvgIpc) is 3.46. The molecule has 2 aliphatic rings. The van der Waals surface area contributed by atoms with E-state index in [1.54, 1.807) is 11.8 Å². The molecule has 2 aliphatic heterocycles. The van der Waals surface area contributed by atoms with Crippen LogP contribution in [0.4, 0.5) is 11.4 Å². The second-order valence-corrected chi connectivity index (χ2v) is 11.3. The van der Waals surface area contributed by atoms with Gasteiger partial charge in [0.1, 0.15) is 11.8 Å². The highest BCUT2D eigenvalue weighted by molar-refractivity contribution is 6.04. The van der Waals surface area contributed by atoms with Crippen LogP contribution >= 0.6 is 0 Å². The number of benzene rings is 3. The molecular weight excluding hydrogens is 500 g/mol. The molecule has 2 heterocycles. The van der Waals surface area contributed by atoms with Crippen LogP contribution in [-0.4, -0.2) is 63.1 Å². The molecule has 0 aliphatic carbocycles. The first-order chi connectivity index (χ1) is 19.2. The molecule has 7 heteroatoms. The Morgan fingerprint density at radius 2 is 1.55 bits per heavy atom. The molecule has 7 nitrogen and oxygen atoms in total. The van der Waals surface area contributed by atoms with Gasteiger partial charge in [-0.15, -0.1) is 0 Å². The molecule has 2 atom stereocenters. The lowest BCUT2D eigenvalue weighted by Gasteiger charge is -2.35. The Balaban J connectivity index is 1.37. The molecule has 3 aromatic rings. The first-order valence-corrected chi connectivity index (χ1v) is 14.2. The minimum Gasteiger partial charge on any atom is -0.482 e. The fourth-order valence-electron chi connectivity index (χ4n) is 5.57. The van der Waals surface area contributed by atoms with Crippen molar-refractivity contribution in [3.05, 3.63) is 77.4 Å². The Morgan fingerprint density at radius 3 is 2.17 bits per heavy atom. The second-order valence-electron chi connectivity index (χ2n) is 11.3. The minimum atomic E-state index is -0.673. The molecule has 2 amide bonds. The second kappa shape index (κ2) is 11.7. The fourth-order valence-corrected chi connectivity index (χ4v) is 5.57. The van der Waals surface area contributed by atoms with Crippen molar-refractivity contribution in [2.24, 2.45) is 0 Å². The van der Waals surface area contributed by atoms with Gasteiger partial charge in [-0.05, 0) is 98.8 Å². The summed E-state index contributed by atoms with van der Waals surface area (Å²) in [5.41, 5.74) is 7.31. The van der Waals surface area contributed by atoms with Crippen molar-refractivity contribution in [3.8, 4) is 16.9 Å². The first-order valence-electron chi connectivity index (χ1n) is 14.2. The Morgan fingerprint density at radius 1 is 0.950 bits per heavy atom. The van der Waals surface area contributed by atoms with Crippen LogP contribution in [0.15, 0.2) is 60.7 Å². The number of amides is 2. The van der Waals surface area contributed by atoms with Gasteiger partial charge in [0.15, 0.2) is 6.61 Å². The Hall–Kier alpha value is -3.84. The monoisotopic (exact) mass is 540 g/mol. The molecule has 3 aromatic carbocycles. The molecule has 210 valence electrons. The van der Waals surface area contributed by atoms with E-state index in [4.69, 9.17) is 4.74 Å². The van der Waals surface area contributed by atoms with Crippen LogP contribution in [0.2, 0.25) is 0 Å². The molecule has 1 N–H and O–H groups in total. The van der Waals surface area contributed by atoms with Gasteiger partial charge in [-0.3, -0.25) is 14.5 Å². The molecular formula is C33H40N4O3. The summed E-state index contributed by atoms with van der Waals surface area (Å²) in [4.78, 5) is 32.8. The first kappa shape index (κ1) is 27.7. The van der Waals surface area contributed by atoms with Crippen LogP contribution in [0.25, 0.3) is 11.1 Å². The molecule has 1 fully saturated rings. The number of hydrogen-bond donors (Lipinski definition) is 1. The molecule has 40 heavy (non-hydrogen) atoms. The standard InChI is InChI=1S/C33H40N4O3/c1-22-18-30-31(19-23(22)2)40-21-32(38)37(30)24(3)33(39)34-29(20-36-16-6-7-17-36)27-10-8-25(9-11-27)26-12-14-28(15-13-26)35(4)5/h8-15,18-19,24,29H,6-7,16-17,20-21H2,1-5H3,(H,34,39). The Labute approximate surface area is 237 Å². The zero-order valence-corrected chi connectivity index (χ0v) is 24.2. The van der Waals surface area contributed by atoms with Crippen molar-refractivity contribution in [2.45, 2.75) is 45.7 Å². The topological polar surface area (TPSA) is 65.1 Å². The van der Waals surface area contributed by atoms with Crippen molar-refractivity contribution in [2.75, 3.05) is 50.1 Å². The lowest BCUT2D eigenvalue weighted by Crippen LogP contribution is -2.52. The van der Waals surface area contributed by atoms with Gasteiger partial charge in [0.25, 0.3) is 5.91 Å². The number of fused-ring (bicyclic) bond motifs is 1.